The van der Waals surface area contributed by atoms with Crippen molar-refractivity contribution in [2.24, 2.45) is 5.41 Å². The van der Waals surface area contributed by atoms with E-state index in [1.165, 1.54) is 11.1 Å². The molecule has 108 valence electrons. The summed E-state index contributed by atoms with van der Waals surface area (Å²) in [7, 11) is 1.99. The molecule has 1 rings (SSSR count). The molecule has 1 unspecified atom stereocenters. The number of nitrogens with one attached hydrogen (secondary N) is 1. The molecule has 0 aliphatic carbocycles. The normalized spacial score (nSPS) is 13.7. The molecule has 0 spiro atoms. The summed E-state index contributed by atoms with van der Waals surface area (Å²) in [6.07, 6.45) is 0. The standard InChI is InChI=1S/C17H29NO/c1-12(2)15-9-8-14(10-13(15)3)19-11-16(18-7)17(4,5)6/h8-10,12,16,18H,11H2,1-7H3. The van der Waals surface area contributed by atoms with Gasteiger partial charge in [-0.1, -0.05) is 40.7 Å². The second kappa shape index (κ2) is 6.42. The third kappa shape index (κ3) is 4.54. The fourth-order valence-corrected chi connectivity index (χ4v) is 2.33. The summed E-state index contributed by atoms with van der Waals surface area (Å²) in [6, 6.07) is 6.75. The maximum Gasteiger partial charge on any atom is 0.119 e. The third-order valence-electron chi connectivity index (χ3n) is 3.67. The largest absolute Gasteiger partial charge is 0.492 e. The molecule has 0 amide bonds. The van der Waals surface area contributed by atoms with Gasteiger partial charge in [0.15, 0.2) is 0 Å². The Kier molecular flexibility index (Phi) is 5.42. The van der Waals surface area contributed by atoms with E-state index in [9.17, 15) is 0 Å². The molecule has 2 nitrogen and oxygen atoms in total. The zero-order chi connectivity index (χ0) is 14.6. The Bertz CT molecular complexity index is 404. The van der Waals surface area contributed by atoms with E-state index in [-0.39, 0.29) is 5.41 Å². The second-order valence-corrected chi connectivity index (χ2v) is 6.69. The van der Waals surface area contributed by atoms with Crippen LogP contribution in [0.1, 0.15) is 51.7 Å². The van der Waals surface area contributed by atoms with Crippen LogP contribution in [0.2, 0.25) is 0 Å². The highest BCUT2D eigenvalue weighted by atomic mass is 16.5. The highest BCUT2D eigenvalue weighted by Gasteiger charge is 2.23. The van der Waals surface area contributed by atoms with Gasteiger partial charge in [-0.15, -0.1) is 0 Å². The van der Waals surface area contributed by atoms with Gasteiger partial charge in [0.2, 0.25) is 0 Å². The topological polar surface area (TPSA) is 21.3 Å². The van der Waals surface area contributed by atoms with Crippen molar-refractivity contribution in [2.45, 2.75) is 53.5 Å². The van der Waals surface area contributed by atoms with E-state index < -0.39 is 0 Å². The maximum atomic E-state index is 5.94. The first kappa shape index (κ1) is 16.0. The van der Waals surface area contributed by atoms with Gasteiger partial charge in [0.25, 0.3) is 0 Å². The van der Waals surface area contributed by atoms with Crippen LogP contribution in [-0.2, 0) is 0 Å². The van der Waals surface area contributed by atoms with Crippen LogP contribution in [0.4, 0.5) is 0 Å². The quantitative estimate of drug-likeness (QED) is 0.862. The molecule has 0 saturated carbocycles. The lowest BCUT2D eigenvalue weighted by atomic mass is 9.87. The van der Waals surface area contributed by atoms with Crippen LogP contribution in [-0.4, -0.2) is 19.7 Å². The lowest BCUT2D eigenvalue weighted by Gasteiger charge is -2.30. The van der Waals surface area contributed by atoms with E-state index in [4.69, 9.17) is 4.74 Å². The number of ether oxygens (including phenoxy) is 1. The van der Waals surface area contributed by atoms with Gasteiger partial charge < -0.3 is 10.1 Å². The summed E-state index contributed by atoms with van der Waals surface area (Å²) < 4.78 is 5.94. The molecule has 0 saturated heterocycles. The second-order valence-electron chi connectivity index (χ2n) is 6.69. The van der Waals surface area contributed by atoms with Crippen molar-refractivity contribution in [3.8, 4) is 5.75 Å². The number of likely N-dealkylation sites (N-methyl/N-ethyl adjacent to an activating group) is 1. The molecule has 0 bridgehead atoms. The van der Waals surface area contributed by atoms with Crippen molar-refractivity contribution in [1.82, 2.24) is 5.32 Å². The zero-order valence-electron chi connectivity index (χ0n) is 13.5. The Morgan fingerprint density at radius 2 is 1.84 bits per heavy atom. The summed E-state index contributed by atoms with van der Waals surface area (Å²) in [6.45, 7) is 14.0. The molecule has 0 aromatic heterocycles. The molecule has 0 heterocycles. The highest BCUT2D eigenvalue weighted by Crippen LogP contribution is 2.25. The molecule has 19 heavy (non-hydrogen) atoms. The van der Waals surface area contributed by atoms with Gasteiger partial charge in [-0.05, 0) is 48.6 Å². The van der Waals surface area contributed by atoms with E-state index >= 15 is 0 Å². The van der Waals surface area contributed by atoms with Gasteiger partial charge in [0, 0.05) is 6.04 Å². The van der Waals surface area contributed by atoms with Crippen molar-refractivity contribution < 1.29 is 4.74 Å². The number of aryl methyl sites for hydroxylation is 1. The van der Waals surface area contributed by atoms with Crippen LogP contribution < -0.4 is 10.1 Å². The van der Waals surface area contributed by atoms with Crippen molar-refractivity contribution >= 4 is 0 Å². The first-order valence-electron chi connectivity index (χ1n) is 7.16. The van der Waals surface area contributed by atoms with Crippen LogP contribution in [0, 0.1) is 12.3 Å². The fourth-order valence-electron chi connectivity index (χ4n) is 2.33. The Morgan fingerprint density at radius 3 is 2.26 bits per heavy atom. The Balaban J connectivity index is 2.71. The molecule has 2 heteroatoms. The molecule has 0 aliphatic heterocycles. The van der Waals surface area contributed by atoms with Crippen LogP contribution in [0.5, 0.6) is 5.75 Å². The lowest BCUT2D eigenvalue weighted by molar-refractivity contribution is 0.181. The predicted molar refractivity (Wildman–Crippen MR) is 83.1 cm³/mol. The van der Waals surface area contributed by atoms with Crippen LogP contribution in [0.3, 0.4) is 0 Å². The van der Waals surface area contributed by atoms with E-state index in [0.717, 1.165) is 5.75 Å². The minimum absolute atomic E-state index is 0.196. The van der Waals surface area contributed by atoms with Crippen LogP contribution in [0.15, 0.2) is 18.2 Å². The average molecular weight is 263 g/mol. The van der Waals surface area contributed by atoms with Gasteiger partial charge in [0.1, 0.15) is 12.4 Å². The summed E-state index contributed by atoms with van der Waals surface area (Å²) >= 11 is 0. The summed E-state index contributed by atoms with van der Waals surface area (Å²) in [5, 5.41) is 3.33. The molecule has 1 atom stereocenters. The minimum Gasteiger partial charge on any atom is -0.492 e. The molecular formula is C17H29NO. The minimum atomic E-state index is 0.196. The first-order chi connectivity index (χ1) is 8.75. The third-order valence-corrected chi connectivity index (χ3v) is 3.67. The number of hydrogen-bond donors (Lipinski definition) is 1. The Morgan fingerprint density at radius 1 is 1.21 bits per heavy atom. The molecule has 0 radical (unpaired) electrons. The number of hydrogen-bond acceptors (Lipinski definition) is 2. The Hall–Kier alpha value is -1.02. The lowest BCUT2D eigenvalue weighted by Crippen LogP contribution is -2.42. The summed E-state index contributed by atoms with van der Waals surface area (Å²) in [5.74, 6) is 1.53. The first-order valence-corrected chi connectivity index (χ1v) is 7.16. The van der Waals surface area contributed by atoms with E-state index in [1.54, 1.807) is 0 Å². The van der Waals surface area contributed by atoms with Gasteiger partial charge >= 0.3 is 0 Å². The average Bonchev–Trinajstić information content (AvgIpc) is 2.27. The maximum absolute atomic E-state index is 5.94. The van der Waals surface area contributed by atoms with Gasteiger partial charge in [0.05, 0.1) is 0 Å². The van der Waals surface area contributed by atoms with Crippen molar-refractivity contribution in [1.29, 1.82) is 0 Å². The highest BCUT2D eigenvalue weighted by molar-refractivity contribution is 5.36. The molecule has 1 aromatic rings. The molecule has 0 fully saturated rings. The monoisotopic (exact) mass is 263 g/mol. The van der Waals surface area contributed by atoms with Crippen molar-refractivity contribution in [2.75, 3.05) is 13.7 Å². The van der Waals surface area contributed by atoms with Crippen molar-refractivity contribution in [3.63, 3.8) is 0 Å². The Labute approximate surface area is 118 Å². The number of rotatable bonds is 5. The zero-order valence-corrected chi connectivity index (χ0v) is 13.5. The molecule has 1 N–H and O–H groups in total. The van der Waals surface area contributed by atoms with Gasteiger partial charge in [-0.2, -0.15) is 0 Å². The van der Waals surface area contributed by atoms with Gasteiger partial charge in [-0.25, -0.2) is 0 Å². The summed E-state index contributed by atoms with van der Waals surface area (Å²) in [4.78, 5) is 0. The molecular weight excluding hydrogens is 234 g/mol. The molecule has 1 aromatic carbocycles. The van der Waals surface area contributed by atoms with E-state index in [2.05, 4.69) is 65.1 Å². The van der Waals surface area contributed by atoms with Gasteiger partial charge in [-0.3, -0.25) is 0 Å². The predicted octanol–water partition coefficient (Wildman–Crippen LogP) is 4.13. The molecule has 0 aliphatic rings. The van der Waals surface area contributed by atoms with Crippen LogP contribution in [0.25, 0.3) is 0 Å². The fraction of sp³-hybridized carbons (Fsp3) is 0.647. The number of benzene rings is 1. The SMILES string of the molecule is CNC(COc1ccc(C(C)C)c(C)c1)C(C)(C)C. The van der Waals surface area contributed by atoms with Crippen molar-refractivity contribution in [3.05, 3.63) is 29.3 Å². The van der Waals surface area contributed by atoms with E-state index in [1.807, 2.05) is 7.05 Å². The van der Waals surface area contributed by atoms with E-state index in [0.29, 0.717) is 18.6 Å². The van der Waals surface area contributed by atoms with Crippen LogP contribution >= 0.6 is 0 Å². The smallest absolute Gasteiger partial charge is 0.119 e. The summed E-state index contributed by atoms with van der Waals surface area (Å²) in [5.41, 5.74) is 2.90.